The molecule has 0 spiro atoms. The topological polar surface area (TPSA) is 77.0 Å². The van der Waals surface area contributed by atoms with Crippen LogP contribution in [-0.4, -0.2) is 19.2 Å². The average molecular weight is 442 g/mol. The van der Waals surface area contributed by atoms with Gasteiger partial charge in [-0.15, -0.1) is 0 Å². The summed E-state index contributed by atoms with van der Waals surface area (Å²) in [5.74, 6) is 0.721. The van der Waals surface area contributed by atoms with Crippen LogP contribution in [0.4, 0.5) is 0 Å². The lowest BCUT2D eigenvalue weighted by Crippen LogP contribution is -2.16. The van der Waals surface area contributed by atoms with Crippen molar-refractivity contribution in [1.29, 1.82) is 0 Å². The average Bonchev–Trinajstić information content (AvgIpc) is 3.10. The second kappa shape index (κ2) is 6.59. The van der Waals surface area contributed by atoms with Crippen LogP contribution in [-0.2, 0) is 0 Å². The Labute approximate surface area is 147 Å². The van der Waals surface area contributed by atoms with E-state index in [0.717, 1.165) is 9.86 Å². The predicted molar refractivity (Wildman–Crippen MR) is 91.9 cm³/mol. The highest BCUT2D eigenvalue weighted by Gasteiger charge is 2.14. The molecular formula is C15H10Br2N2O4. The third-order valence-electron chi connectivity index (χ3n) is 2.97. The summed E-state index contributed by atoms with van der Waals surface area (Å²) in [7, 11) is 1.54. The van der Waals surface area contributed by atoms with Gasteiger partial charge in [-0.3, -0.25) is 4.79 Å². The summed E-state index contributed by atoms with van der Waals surface area (Å²) in [5.41, 5.74) is 2.90. The van der Waals surface area contributed by atoms with Gasteiger partial charge in [-0.2, -0.15) is 5.10 Å². The maximum Gasteiger partial charge on any atom is 0.307 e. The first kappa shape index (κ1) is 15.8. The summed E-state index contributed by atoms with van der Waals surface area (Å²) >= 11 is 6.51. The Morgan fingerprint density at radius 1 is 1.30 bits per heavy atom. The minimum Gasteiger partial charge on any atom is -0.493 e. The van der Waals surface area contributed by atoms with Gasteiger partial charge in [-0.1, -0.05) is 12.1 Å². The number of hydrazone groups is 1. The third-order valence-corrected chi connectivity index (χ3v) is 4.68. The number of amides is 1. The molecule has 118 valence electrons. The van der Waals surface area contributed by atoms with Gasteiger partial charge in [-0.25, -0.2) is 5.43 Å². The van der Waals surface area contributed by atoms with E-state index in [2.05, 4.69) is 42.4 Å². The Morgan fingerprint density at radius 2 is 2.13 bits per heavy atom. The van der Waals surface area contributed by atoms with Crippen molar-refractivity contribution in [2.45, 2.75) is 0 Å². The van der Waals surface area contributed by atoms with E-state index in [0.29, 0.717) is 21.8 Å². The van der Waals surface area contributed by atoms with Crippen molar-refractivity contribution in [1.82, 2.24) is 5.43 Å². The highest BCUT2D eigenvalue weighted by Crippen LogP contribution is 2.28. The number of nitrogens with one attached hydrogen (secondary N) is 1. The standard InChI is InChI=1S/C15H10Br2N2O4/c1-21-11-4-2-3-8-5-12(23-13(8)11)15(20)19-18-7-9-6-10(16)14(17)22-9/h2-7H,1H3,(H,19,20)/b18-7-. The van der Waals surface area contributed by atoms with Gasteiger partial charge < -0.3 is 13.6 Å². The van der Waals surface area contributed by atoms with Crippen molar-refractivity contribution in [2.75, 3.05) is 7.11 Å². The van der Waals surface area contributed by atoms with Gasteiger partial charge in [0, 0.05) is 11.5 Å². The molecular weight excluding hydrogens is 432 g/mol. The van der Waals surface area contributed by atoms with E-state index in [1.54, 1.807) is 25.3 Å². The van der Waals surface area contributed by atoms with Crippen LogP contribution in [0.15, 0.2) is 53.4 Å². The van der Waals surface area contributed by atoms with Crippen molar-refractivity contribution in [3.63, 3.8) is 0 Å². The molecule has 3 rings (SSSR count). The lowest BCUT2D eigenvalue weighted by Gasteiger charge is -1.98. The van der Waals surface area contributed by atoms with Crippen LogP contribution >= 0.6 is 31.9 Å². The Balaban J connectivity index is 1.75. The number of nitrogens with zero attached hydrogens (tertiary/aromatic N) is 1. The molecule has 1 amide bonds. The molecule has 3 aromatic rings. The van der Waals surface area contributed by atoms with E-state index in [9.17, 15) is 4.79 Å². The maximum absolute atomic E-state index is 12.1. The van der Waals surface area contributed by atoms with E-state index in [1.807, 2.05) is 12.1 Å². The maximum atomic E-state index is 12.1. The number of halogens is 2. The molecule has 2 heterocycles. The third kappa shape index (κ3) is 3.32. The van der Waals surface area contributed by atoms with Crippen LogP contribution < -0.4 is 10.2 Å². The summed E-state index contributed by atoms with van der Waals surface area (Å²) < 4.78 is 17.3. The number of furan rings is 2. The molecule has 0 fully saturated rings. The van der Waals surface area contributed by atoms with Crippen LogP contribution in [0.3, 0.4) is 0 Å². The van der Waals surface area contributed by atoms with E-state index in [-0.39, 0.29) is 5.76 Å². The Hall–Kier alpha value is -2.06. The molecule has 1 N–H and O–H groups in total. The van der Waals surface area contributed by atoms with Gasteiger partial charge in [0.2, 0.25) is 0 Å². The fourth-order valence-corrected chi connectivity index (χ4v) is 2.55. The normalized spacial score (nSPS) is 11.3. The van der Waals surface area contributed by atoms with Crippen LogP contribution in [0, 0.1) is 0 Å². The molecule has 0 aliphatic heterocycles. The highest BCUT2D eigenvalue weighted by molar-refractivity contribution is 9.13. The number of fused-ring (bicyclic) bond motifs is 1. The van der Waals surface area contributed by atoms with Crippen molar-refractivity contribution < 1.29 is 18.4 Å². The molecule has 0 aliphatic rings. The van der Waals surface area contributed by atoms with Gasteiger partial charge in [0.05, 0.1) is 17.8 Å². The smallest absolute Gasteiger partial charge is 0.307 e. The molecule has 8 heteroatoms. The van der Waals surface area contributed by atoms with Gasteiger partial charge in [0.15, 0.2) is 21.8 Å². The van der Waals surface area contributed by atoms with E-state index >= 15 is 0 Å². The molecule has 1 aromatic carbocycles. The SMILES string of the molecule is COc1cccc2cc(C(=O)N/N=C\c3cc(Br)c(Br)o3)oc12. The number of para-hydroxylation sites is 1. The van der Waals surface area contributed by atoms with Crippen LogP contribution in [0.25, 0.3) is 11.0 Å². The van der Waals surface area contributed by atoms with Crippen LogP contribution in [0.2, 0.25) is 0 Å². The monoisotopic (exact) mass is 440 g/mol. The first-order valence-corrected chi connectivity index (χ1v) is 8.02. The largest absolute Gasteiger partial charge is 0.493 e. The highest BCUT2D eigenvalue weighted by atomic mass is 79.9. The number of ether oxygens (including phenoxy) is 1. The van der Waals surface area contributed by atoms with E-state index in [4.69, 9.17) is 13.6 Å². The minimum absolute atomic E-state index is 0.142. The molecule has 6 nitrogen and oxygen atoms in total. The number of carbonyl (C=O) groups is 1. The fraction of sp³-hybridized carbons (Fsp3) is 0.0667. The van der Waals surface area contributed by atoms with Gasteiger partial charge in [0.25, 0.3) is 0 Å². The summed E-state index contributed by atoms with van der Waals surface area (Å²) in [6.45, 7) is 0. The first-order chi connectivity index (χ1) is 11.1. The Bertz CT molecular complexity index is 879. The van der Waals surface area contributed by atoms with Crippen molar-refractivity contribution >= 4 is 55.0 Å². The second-order valence-electron chi connectivity index (χ2n) is 4.46. The molecule has 2 aromatic heterocycles. The first-order valence-electron chi connectivity index (χ1n) is 6.43. The van der Waals surface area contributed by atoms with E-state index < -0.39 is 5.91 Å². The Morgan fingerprint density at radius 3 is 2.83 bits per heavy atom. The molecule has 23 heavy (non-hydrogen) atoms. The molecule has 0 atom stereocenters. The Kier molecular flexibility index (Phi) is 4.53. The van der Waals surface area contributed by atoms with E-state index in [1.165, 1.54) is 6.21 Å². The number of benzene rings is 1. The van der Waals surface area contributed by atoms with Crippen molar-refractivity contribution in [3.8, 4) is 5.75 Å². The summed E-state index contributed by atoms with van der Waals surface area (Å²) in [5, 5.41) is 4.61. The lowest BCUT2D eigenvalue weighted by atomic mass is 10.2. The number of carbonyl (C=O) groups excluding carboxylic acids is 1. The molecule has 0 bridgehead atoms. The van der Waals surface area contributed by atoms with Gasteiger partial charge >= 0.3 is 5.91 Å². The zero-order valence-electron chi connectivity index (χ0n) is 11.8. The fourth-order valence-electron chi connectivity index (χ4n) is 1.95. The van der Waals surface area contributed by atoms with Gasteiger partial charge in [-0.05, 0) is 44.0 Å². The number of hydrogen-bond acceptors (Lipinski definition) is 5. The van der Waals surface area contributed by atoms with Crippen LogP contribution in [0.5, 0.6) is 5.75 Å². The number of hydrogen-bond donors (Lipinski definition) is 1. The van der Waals surface area contributed by atoms with Crippen molar-refractivity contribution in [2.24, 2.45) is 5.10 Å². The number of methoxy groups -OCH3 is 1. The van der Waals surface area contributed by atoms with Gasteiger partial charge in [0.1, 0.15) is 5.76 Å². The molecule has 0 saturated heterocycles. The molecule has 0 saturated carbocycles. The molecule has 0 unspecified atom stereocenters. The van der Waals surface area contributed by atoms with Crippen molar-refractivity contribution in [3.05, 3.63) is 51.0 Å². The second-order valence-corrected chi connectivity index (χ2v) is 6.03. The molecule has 0 aliphatic carbocycles. The number of rotatable bonds is 4. The lowest BCUT2D eigenvalue weighted by molar-refractivity contribution is 0.0929. The zero-order valence-corrected chi connectivity index (χ0v) is 15.0. The molecule has 0 radical (unpaired) electrons. The minimum atomic E-state index is -0.468. The summed E-state index contributed by atoms with van der Waals surface area (Å²) in [6.07, 6.45) is 1.39. The summed E-state index contributed by atoms with van der Waals surface area (Å²) in [4.78, 5) is 12.1. The quantitative estimate of drug-likeness (QED) is 0.483. The summed E-state index contributed by atoms with van der Waals surface area (Å²) in [6, 6.07) is 8.76. The zero-order chi connectivity index (χ0) is 16.4. The van der Waals surface area contributed by atoms with Crippen LogP contribution in [0.1, 0.15) is 16.3 Å². The predicted octanol–water partition coefficient (Wildman–Crippen LogP) is 4.32.